The van der Waals surface area contributed by atoms with E-state index in [2.05, 4.69) is 30.4 Å². The van der Waals surface area contributed by atoms with Crippen LogP contribution in [0.2, 0.25) is 5.02 Å². The molecular formula is C17H24ClN. The number of hydrogen-bond donors (Lipinski definition) is 1. The molecule has 1 N–H and O–H groups in total. The Hall–Kier alpha value is -0.530. The molecule has 0 amide bonds. The van der Waals surface area contributed by atoms with E-state index in [1.54, 1.807) is 0 Å². The molecule has 104 valence electrons. The number of nitrogens with one attached hydrogen (secondary N) is 1. The minimum atomic E-state index is 0.348. The highest BCUT2D eigenvalue weighted by Crippen LogP contribution is 2.64. The molecule has 0 unspecified atom stereocenters. The van der Waals surface area contributed by atoms with Crippen molar-refractivity contribution in [2.24, 2.45) is 5.41 Å². The quantitative estimate of drug-likeness (QED) is 0.779. The van der Waals surface area contributed by atoms with Gasteiger partial charge in [0.1, 0.15) is 0 Å². The Labute approximate surface area is 121 Å². The molecule has 1 aromatic rings. The van der Waals surface area contributed by atoms with Gasteiger partial charge in [-0.3, -0.25) is 0 Å². The molecule has 3 rings (SSSR count). The lowest BCUT2D eigenvalue weighted by Gasteiger charge is -2.62. The molecule has 2 aliphatic rings. The molecule has 2 aliphatic carbocycles. The highest BCUT2D eigenvalue weighted by molar-refractivity contribution is 6.30. The van der Waals surface area contributed by atoms with Gasteiger partial charge in [0.25, 0.3) is 0 Å². The van der Waals surface area contributed by atoms with E-state index in [4.69, 9.17) is 11.6 Å². The number of benzene rings is 1. The van der Waals surface area contributed by atoms with Gasteiger partial charge in [-0.05, 0) is 61.8 Å². The molecule has 2 saturated carbocycles. The zero-order chi connectivity index (χ0) is 13.3. The summed E-state index contributed by atoms with van der Waals surface area (Å²) in [5.74, 6) is 0. The van der Waals surface area contributed by atoms with Gasteiger partial charge in [0, 0.05) is 17.0 Å². The first-order chi connectivity index (χ1) is 9.18. The molecule has 0 aliphatic heterocycles. The molecule has 1 nitrogen and oxygen atoms in total. The van der Waals surface area contributed by atoms with Gasteiger partial charge in [-0.1, -0.05) is 37.1 Å². The van der Waals surface area contributed by atoms with Crippen LogP contribution in [0, 0.1) is 5.41 Å². The Balaban J connectivity index is 1.77. The summed E-state index contributed by atoms with van der Waals surface area (Å²) < 4.78 is 0. The Bertz CT molecular complexity index is 442. The third kappa shape index (κ3) is 2.43. The van der Waals surface area contributed by atoms with Crippen molar-refractivity contribution in [3.63, 3.8) is 0 Å². The third-order valence-electron chi connectivity index (χ3n) is 5.17. The zero-order valence-electron chi connectivity index (χ0n) is 11.8. The van der Waals surface area contributed by atoms with Crippen molar-refractivity contribution in [1.82, 2.24) is 5.32 Å². The normalized spacial score (nSPS) is 22.8. The molecular weight excluding hydrogens is 254 g/mol. The lowest BCUT2D eigenvalue weighted by molar-refractivity contribution is -0.0481. The number of hydrogen-bond acceptors (Lipinski definition) is 1. The minimum absolute atomic E-state index is 0.348. The summed E-state index contributed by atoms with van der Waals surface area (Å²) in [5, 5.41) is 4.52. The smallest absolute Gasteiger partial charge is 0.0408 e. The molecule has 2 heteroatoms. The van der Waals surface area contributed by atoms with Crippen molar-refractivity contribution in [2.75, 3.05) is 13.1 Å². The highest BCUT2D eigenvalue weighted by atomic mass is 35.5. The third-order valence-corrected chi connectivity index (χ3v) is 5.40. The van der Waals surface area contributed by atoms with Crippen LogP contribution in [0.4, 0.5) is 0 Å². The van der Waals surface area contributed by atoms with Crippen molar-refractivity contribution >= 4 is 11.6 Å². The van der Waals surface area contributed by atoms with E-state index in [-0.39, 0.29) is 0 Å². The average Bonchev–Trinajstić information content (AvgIpc) is 2.30. The highest BCUT2D eigenvalue weighted by Gasteiger charge is 2.57. The monoisotopic (exact) mass is 277 g/mol. The summed E-state index contributed by atoms with van der Waals surface area (Å²) in [6.07, 6.45) is 8.26. The van der Waals surface area contributed by atoms with Crippen LogP contribution in [0.5, 0.6) is 0 Å². The first kappa shape index (κ1) is 13.5. The van der Waals surface area contributed by atoms with Crippen LogP contribution in [-0.2, 0) is 5.41 Å². The second kappa shape index (κ2) is 5.10. The summed E-state index contributed by atoms with van der Waals surface area (Å²) in [6.45, 7) is 4.46. The van der Waals surface area contributed by atoms with Crippen LogP contribution in [0.15, 0.2) is 24.3 Å². The van der Waals surface area contributed by atoms with Crippen molar-refractivity contribution < 1.29 is 0 Å². The van der Waals surface area contributed by atoms with Crippen molar-refractivity contribution in [1.29, 1.82) is 0 Å². The van der Waals surface area contributed by atoms with E-state index < -0.39 is 0 Å². The van der Waals surface area contributed by atoms with E-state index in [0.29, 0.717) is 10.8 Å². The van der Waals surface area contributed by atoms with Crippen LogP contribution < -0.4 is 5.32 Å². The van der Waals surface area contributed by atoms with Gasteiger partial charge in [0.05, 0.1) is 0 Å². The van der Waals surface area contributed by atoms with Crippen LogP contribution >= 0.6 is 11.6 Å². The lowest BCUT2D eigenvalue weighted by atomic mass is 9.43. The predicted octanol–water partition coefficient (Wildman–Crippen LogP) is 4.54. The molecule has 0 aromatic heterocycles. The van der Waals surface area contributed by atoms with Gasteiger partial charge in [-0.2, -0.15) is 0 Å². The minimum Gasteiger partial charge on any atom is -0.316 e. The number of rotatable bonds is 5. The maximum absolute atomic E-state index is 6.19. The van der Waals surface area contributed by atoms with E-state index in [1.807, 2.05) is 6.07 Å². The summed E-state index contributed by atoms with van der Waals surface area (Å²) in [7, 11) is 0. The second-order valence-electron chi connectivity index (χ2n) is 6.67. The molecule has 0 heterocycles. The van der Waals surface area contributed by atoms with Gasteiger partial charge in [0.2, 0.25) is 0 Å². The van der Waals surface area contributed by atoms with Crippen molar-refractivity contribution in [3.8, 4) is 0 Å². The van der Waals surface area contributed by atoms with Gasteiger partial charge in [-0.25, -0.2) is 0 Å². The molecule has 19 heavy (non-hydrogen) atoms. The molecule has 1 aromatic carbocycles. The Morgan fingerprint density at radius 3 is 2.63 bits per heavy atom. The van der Waals surface area contributed by atoms with Crippen LogP contribution in [0.1, 0.15) is 51.0 Å². The molecule has 0 radical (unpaired) electrons. The Morgan fingerprint density at radius 1 is 1.26 bits per heavy atom. The summed E-state index contributed by atoms with van der Waals surface area (Å²) >= 11 is 6.19. The first-order valence-electron chi connectivity index (χ1n) is 7.65. The van der Waals surface area contributed by atoms with Crippen LogP contribution in [0.25, 0.3) is 0 Å². The maximum atomic E-state index is 6.19. The van der Waals surface area contributed by atoms with Crippen LogP contribution in [-0.4, -0.2) is 13.1 Å². The van der Waals surface area contributed by atoms with Crippen LogP contribution in [0.3, 0.4) is 0 Å². The average molecular weight is 278 g/mol. The maximum Gasteiger partial charge on any atom is 0.0408 e. The first-order valence-corrected chi connectivity index (χ1v) is 8.03. The SMILES string of the molecule is CCCNCC1(c2cccc(Cl)c2)CC2(CCC2)C1. The van der Waals surface area contributed by atoms with E-state index in [1.165, 1.54) is 44.1 Å². The molecule has 0 atom stereocenters. The number of halogens is 1. The molecule has 1 spiro atoms. The standard InChI is InChI=1S/C17H24ClN/c1-2-9-19-13-17(11-16(12-17)7-4-8-16)14-5-3-6-15(18)10-14/h3,5-6,10,19H,2,4,7-9,11-13H2,1H3. The van der Waals surface area contributed by atoms with Gasteiger partial charge in [-0.15, -0.1) is 0 Å². The summed E-state index contributed by atoms with van der Waals surface area (Å²) in [4.78, 5) is 0. The van der Waals surface area contributed by atoms with Gasteiger partial charge in [0.15, 0.2) is 0 Å². The largest absolute Gasteiger partial charge is 0.316 e. The summed E-state index contributed by atoms with van der Waals surface area (Å²) in [6, 6.07) is 8.53. The Morgan fingerprint density at radius 2 is 2.05 bits per heavy atom. The fourth-order valence-electron chi connectivity index (χ4n) is 4.17. The lowest BCUT2D eigenvalue weighted by Crippen LogP contribution is -2.57. The fraction of sp³-hybridized carbons (Fsp3) is 0.647. The topological polar surface area (TPSA) is 12.0 Å². The Kier molecular flexibility index (Phi) is 3.61. The second-order valence-corrected chi connectivity index (χ2v) is 7.11. The van der Waals surface area contributed by atoms with E-state index in [0.717, 1.165) is 18.1 Å². The zero-order valence-corrected chi connectivity index (χ0v) is 12.6. The fourth-order valence-corrected chi connectivity index (χ4v) is 4.36. The molecule has 2 fully saturated rings. The van der Waals surface area contributed by atoms with E-state index >= 15 is 0 Å². The molecule has 0 bridgehead atoms. The van der Waals surface area contributed by atoms with E-state index in [9.17, 15) is 0 Å². The van der Waals surface area contributed by atoms with Gasteiger partial charge < -0.3 is 5.32 Å². The van der Waals surface area contributed by atoms with Gasteiger partial charge >= 0.3 is 0 Å². The van der Waals surface area contributed by atoms with Crippen molar-refractivity contribution in [2.45, 2.75) is 50.9 Å². The molecule has 0 saturated heterocycles. The summed E-state index contributed by atoms with van der Waals surface area (Å²) in [5.41, 5.74) is 2.48. The van der Waals surface area contributed by atoms with Crippen molar-refractivity contribution in [3.05, 3.63) is 34.9 Å². The predicted molar refractivity (Wildman–Crippen MR) is 81.8 cm³/mol.